The van der Waals surface area contributed by atoms with E-state index in [0.29, 0.717) is 21.9 Å². The molecule has 3 amide bonds. The Hall–Kier alpha value is -2.37. The first-order valence-corrected chi connectivity index (χ1v) is 13.4. The molecule has 0 saturated carbocycles. The fraction of sp³-hybridized carbons (Fsp3) is 0.348. The Morgan fingerprint density at radius 3 is 2.11 bits per heavy atom. The van der Waals surface area contributed by atoms with Crippen molar-refractivity contribution in [1.82, 2.24) is 4.90 Å². The first-order chi connectivity index (χ1) is 17.6. The van der Waals surface area contributed by atoms with Gasteiger partial charge < -0.3 is 14.8 Å². The van der Waals surface area contributed by atoms with Gasteiger partial charge in [-0.1, -0.05) is 46.4 Å². The van der Waals surface area contributed by atoms with Gasteiger partial charge in [0.05, 0.1) is 43.4 Å². The average molecular weight is 608 g/mol. The highest BCUT2D eigenvalue weighted by molar-refractivity contribution is 7.17. The summed E-state index contributed by atoms with van der Waals surface area (Å²) in [6, 6.07) is 0. The molecule has 0 atom stereocenters. The van der Waals surface area contributed by atoms with E-state index in [4.69, 9.17) is 55.9 Å². The quantitative estimate of drug-likeness (QED) is 0.199. The zero-order valence-electron chi connectivity index (χ0n) is 19.2. The molecule has 196 valence electrons. The molecule has 0 spiro atoms. The molecule has 1 aliphatic heterocycles. The van der Waals surface area contributed by atoms with Crippen molar-refractivity contribution in [3.63, 3.8) is 0 Å². The number of esters is 2. The van der Waals surface area contributed by atoms with Crippen molar-refractivity contribution in [2.75, 3.05) is 25.1 Å². The molecule has 2 aliphatic rings. The predicted octanol–water partition coefficient (Wildman–Crippen LogP) is 5.20. The van der Waals surface area contributed by atoms with Crippen LogP contribution in [-0.2, 0) is 31.9 Å². The minimum absolute atomic E-state index is 0.182. The lowest BCUT2D eigenvalue weighted by Gasteiger charge is -2.13. The lowest BCUT2D eigenvalue weighted by molar-refractivity contribution is -0.147. The summed E-state index contributed by atoms with van der Waals surface area (Å²) < 4.78 is 10.1. The summed E-state index contributed by atoms with van der Waals surface area (Å²) >= 11 is 25.4. The molecule has 2 heterocycles. The minimum atomic E-state index is -1.04. The van der Waals surface area contributed by atoms with Gasteiger partial charge in [-0.05, 0) is 38.2 Å². The first-order valence-electron chi connectivity index (χ1n) is 11.1. The topological polar surface area (TPSA) is 119 Å². The lowest BCUT2D eigenvalue weighted by Crippen LogP contribution is -2.36. The van der Waals surface area contributed by atoms with Crippen molar-refractivity contribution in [1.29, 1.82) is 0 Å². The first kappa shape index (κ1) is 27.7. The fourth-order valence-corrected chi connectivity index (χ4v) is 6.40. The molecule has 0 fully saturated rings. The van der Waals surface area contributed by atoms with Gasteiger partial charge in [-0.15, -0.1) is 11.3 Å². The summed E-state index contributed by atoms with van der Waals surface area (Å²) in [6.45, 7) is 0.351. The monoisotopic (exact) mass is 606 g/mol. The highest BCUT2D eigenvalue weighted by Crippen LogP contribution is 2.45. The molecule has 2 aromatic rings. The van der Waals surface area contributed by atoms with E-state index in [1.54, 1.807) is 6.92 Å². The van der Waals surface area contributed by atoms with Crippen molar-refractivity contribution < 1.29 is 33.4 Å². The van der Waals surface area contributed by atoms with Crippen molar-refractivity contribution in [3.8, 4) is 0 Å². The number of carbonyl (C=O) groups is 5. The summed E-state index contributed by atoms with van der Waals surface area (Å²) in [7, 11) is 0. The van der Waals surface area contributed by atoms with Crippen LogP contribution in [-0.4, -0.2) is 54.3 Å². The zero-order valence-corrected chi connectivity index (χ0v) is 23.0. The smallest absolute Gasteiger partial charge is 0.341 e. The second kappa shape index (κ2) is 11.2. The Balaban J connectivity index is 1.42. The second-order valence-electron chi connectivity index (χ2n) is 8.05. The number of nitrogens with zero attached hydrogens (tertiary/aromatic N) is 1. The number of anilines is 1. The molecule has 9 nitrogen and oxygen atoms in total. The second-order valence-corrected chi connectivity index (χ2v) is 10.7. The number of benzene rings is 1. The average Bonchev–Trinajstić information content (AvgIpc) is 3.35. The van der Waals surface area contributed by atoms with Crippen LogP contribution in [0.2, 0.25) is 20.1 Å². The largest absolute Gasteiger partial charge is 0.462 e. The number of ether oxygens (including phenoxy) is 2. The molecule has 1 aliphatic carbocycles. The number of amides is 3. The summed E-state index contributed by atoms with van der Waals surface area (Å²) in [4.78, 5) is 64.5. The van der Waals surface area contributed by atoms with E-state index in [-0.39, 0.29) is 37.8 Å². The Bertz CT molecular complexity index is 1310. The SMILES string of the molecule is CCOC(=O)c1c(NC(=O)COC(=O)CN2C(=O)c3c(Cl)c(Cl)c(Cl)c(Cl)c3C2=O)sc2c1CCCC2. The third-order valence-electron chi connectivity index (χ3n) is 5.74. The number of hydrogen-bond donors (Lipinski definition) is 1. The Labute approximate surface area is 234 Å². The number of imide groups is 1. The molecular formula is C23H18Cl4N2O7S. The highest BCUT2D eigenvalue weighted by atomic mass is 35.5. The van der Waals surface area contributed by atoms with Crippen LogP contribution >= 0.6 is 57.7 Å². The van der Waals surface area contributed by atoms with Crippen LogP contribution in [0.25, 0.3) is 0 Å². The van der Waals surface area contributed by atoms with Gasteiger partial charge >= 0.3 is 11.9 Å². The third kappa shape index (κ3) is 5.18. The molecule has 0 radical (unpaired) electrons. The minimum Gasteiger partial charge on any atom is -0.462 e. The van der Waals surface area contributed by atoms with Gasteiger partial charge in [0.1, 0.15) is 11.5 Å². The van der Waals surface area contributed by atoms with Gasteiger partial charge in [-0.25, -0.2) is 4.79 Å². The van der Waals surface area contributed by atoms with E-state index in [1.807, 2.05) is 0 Å². The summed E-state index contributed by atoms with van der Waals surface area (Å²) in [5.41, 5.74) is 0.637. The van der Waals surface area contributed by atoms with Crippen LogP contribution in [0.3, 0.4) is 0 Å². The Morgan fingerprint density at radius 2 is 1.51 bits per heavy atom. The van der Waals surface area contributed by atoms with Crippen LogP contribution in [0, 0.1) is 0 Å². The maximum Gasteiger partial charge on any atom is 0.341 e. The van der Waals surface area contributed by atoms with Crippen LogP contribution in [0.1, 0.15) is 61.3 Å². The van der Waals surface area contributed by atoms with Crippen LogP contribution in [0.15, 0.2) is 0 Å². The predicted molar refractivity (Wildman–Crippen MR) is 138 cm³/mol. The van der Waals surface area contributed by atoms with Gasteiger partial charge in [0.25, 0.3) is 17.7 Å². The van der Waals surface area contributed by atoms with Crippen molar-refractivity contribution >= 4 is 92.4 Å². The summed E-state index contributed by atoms with van der Waals surface area (Å²) in [5.74, 6) is -4.09. The number of fused-ring (bicyclic) bond motifs is 2. The van der Waals surface area contributed by atoms with Gasteiger partial charge in [0, 0.05) is 4.88 Å². The number of thiophene rings is 1. The van der Waals surface area contributed by atoms with E-state index in [1.165, 1.54) is 11.3 Å². The molecular weight excluding hydrogens is 590 g/mol. The highest BCUT2D eigenvalue weighted by Gasteiger charge is 2.42. The van der Waals surface area contributed by atoms with Crippen LogP contribution in [0.5, 0.6) is 0 Å². The maximum atomic E-state index is 12.7. The molecule has 1 aromatic carbocycles. The molecule has 0 saturated heterocycles. The molecule has 4 rings (SSSR count). The number of aryl methyl sites for hydroxylation is 1. The van der Waals surface area contributed by atoms with Gasteiger partial charge in [-0.3, -0.25) is 24.1 Å². The molecule has 1 aromatic heterocycles. The molecule has 1 N–H and O–H groups in total. The van der Waals surface area contributed by atoms with Crippen molar-refractivity contribution in [2.24, 2.45) is 0 Å². The normalized spacial score (nSPS) is 14.4. The number of rotatable bonds is 7. The molecule has 37 heavy (non-hydrogen) atoms. The Kier molecular flexibility index (Phi) is 8.35. The van der Waals surface area contributed by atoms with E-state index >= 15 is 0 Å². The van der Waals surface area contributed by atoms with Crippen molar-refractivity contribution in [2.45, 2.75) is 32.6 Å². The molecule has 0 unspecified atom stereocenters. The van der Waals surface area contributed by atoms with E-state index in [9.17, 15) is 24.0 Å². The van der Waals surface area contributed by atoms with Crippen LogP contribution < -0.4 is 5.32 Å². The van der Waals surface area contributed by atoms with Gasteiger partial charge in [-0.2, -0.15) is 0 Å². The van der Waals surface area contributed by atoms with E-state index in [2.05, 4.69) is 5.32 Å². The standard InChI is InChI=1S/C23H18Cl4N2O7S/c1-2-35-23(34)13-9-5-3-4-6-10(9)37-20(13)28-11(30)8-36-12(31)7-29-21(32)14-15(22(29)33)17(25)19(27)18(26)16(14)24/h2-8H2,1H3,(H,28,30). The number of hydrogen-bond acceptors (Lipinski definition) is 8. The maximum absolute atomic E-state index is 12.7. The van der Waals surface area contributed by atoms with Crippen LogP contribution in [0.4, 0.5) is 5.00 Å². The zero-order chi connectivity index (χ0) is 27.0. The van der Waals surface area contributed by atoms with E-state index in [0.717, 1.165) is 29.7 Å². The van der Waals surface area contributed by atoms with Gasteiger partial charge in [0.2, 0.25) is 0 Å². The molecule has 0 bridgehead atoms. The van der Waals surface area contributed by atoms with Crippen molar-refractivity contribution in [3.05, 3.63) is 47.2 Å². The summed E-state index contributed by atoms with van der Waals surface area (Å²) in [5, 5.41) is 1.99. The van der Waals surface area contributed by atoms with E-state index < -0.39 is 42.8 Å². The number of nitrogens with one attached hydrogen (secondary N) is 1. The number of halogens is 4. The number of carbonyl (C=O) groups excluding carboxylic acids is 5. The summed E-state index contributed by atoms with van der Waals surface area (Å²) in [6.07, 6.45) is 3.40. The lowest BCUT2D eigenvalue weighted by atomic mass is 9.95. The Morgan fingerprint density at radius 1 is 0.919 bits per heavy atom. The molecule has 14 heteroatoms. The van der Waals surface area contributed by atoms with Gasteiger partial charge in [0.15, 0.2) is 6.61 Å². The fourth-order valence-electron chi connectivity index (χ4n) is 4.10. The third-order valence-corrected chi connectivity index (χ3v) is 8.75.